The molecule has 0 spiro atoms. The molecule has 2 aromatic rings. The number of aromatic amines is 1. The lowest BCUT2D eigenvalue weighted by molar-refractivity contribution is 0.631. The van der Waals surface area contributed by atoms with E-state index < -0.39 is 0 Å². The van der Waals surface area contributed by atoms with Crippen LogP contribution >= 0.6 is 0 Å². The van der Waals surface area contributed by atoms with Gasteiger partial charge in [0.1, 0.15) is 17.5 Å². The Morgan fingerprint density at radius 3 is 2.75 bits per heavy atom. The van der Waals surface area contributed by atoms with Crippen molar-refractivity contribution in [3.63, 3.8) is 0 Å². The first-order valence-electron chi connectivity index (χ1n) is 4.91. The number of anilines is 3. The third kappa shape index (κ3) is 1.98. The second-order valence-electron chi connectivity index (χ2n) is 3.69. The van der Waals surface area contributed by atoms with Crippen molar-refractivity contribution in [2.45, 2.75) is 13.8 Å². The first kappa shape index (κ1) is 10.5. The van der Waals surface area contributed by atoms with Gasteiger partial charge in [-0.1, -0.05) is 6.07 Å². The number of nitrogen functional groups attached to an aromatic ring is 1. The Morgan fingerprint density at radius 2 is 2.12 bits per heavy atom. The van der Waals surface area contributed by atoms with E-state index in [1.807, 2.05) is 6.92 Å². The molecular formula is C11H13FN4. The minimum absolute atomic E-state index is 0.328. The van der Waals surface area contributed by atoms with Crippen molar-refractivity contribution in [3.8, 4) is 0 Å². The maximum atomic E-state index is 13.5. The fourth-order valence-electron chi connectivity index (χ4n) is 1.47. The summed E-state index contributed by atoms with van der Waals surface area (Å²) in [4.78, 5) is 6.96. The zero-order valence-electron chi connectivity index (χ0n) is 9.13. The summed E-state index contributed by atoms with van der Waals surface area (Å²) in [6.07, 6.45) is 0. The van der Waals surface area contributed by atoms with Crippen molar-refractivity contribution in [2.24, 2.45) is 0 Å². The van der Waals surface area contributed by atoms with Crippen LogP contribution in [0.2, 0.25) is 0 Å². The Kier molecular flexibility index (Phi) is 2.52. The molecule has 4 nitrogen and oxygen atoms in total. The number of nitrogens with one attached hydrogen (secondary N) is 2. The third-order valence-electron chi connectivity index (χ3n) is 2.23. The molecule has 0 aliphatic carbocycles. The monoisotopic (exact) mass is 220 g/mol. The molecule has 16 heavy (non-hydrogen) atoms. The van der Waals surface area contributed by atoms with E-state index in [0.29, 0.717) is 23.1 Å². The summed E-state index contributed by atoms with van der Waals surface area (Å²) in [5, 5.41) is 2.86. The van der Waals surface area contributed by atoms with Crippen LogP contribution in [0.5, 0.6) is 0 Å². The number of nitrogens with two attached hydrogens (primary N) is 1. The van der Waals surface area contributed by atoms with E-state index in [9.17, 15) is 4.39 Å². The number of rotatable bonds is 2. The second-order valence-corrected chi connectivity index (χ2v) is 3.69. The quantitative estimate of drug-likeness (QED) is 0.728. The van der Waals surface area contributed by atoms with Crippen LogP contribution in [0.1, 0.15) is 11.4 Å². The summed E-state index contributed by atoms with van der Waals surface area (Å²) >= 11 is 0. The fourth-order valence-corrected chi connectivity index (χ4v) is 1.47. The van der Waals surface area contributed by atoms with Crippen molar-refractivity contribution >= 4 is 17.3 Å². The largest absolute Gasteiger partial charge is 0.382 e. The van der Waals surface area contributed by atoms with E-state index >= 15 is 0 Å². The normalized spacial score (nSPS) is 10.4. The topological polar surface area (TPSA) is 66.7 Å². The van der Waals surface area contributed by atoms with E-state index in [4.69, 9.17) is 5.73 Å². The molecule has 4 N–H and O–H groups in total. The van der Waals surface area contributed by atoms with Crippen molar-refractivity contribution in [3.05, 3.63) is 35.4 Å². The molecule has 0 amide bonds. The number of nitrogens with zero attached hydrogens (tertiary/aromatic N) is 1. The molecule has 0 aliphatic heterocycles. The van der Waals surface area contributed by atoms with E-state index in [1.54, 1.807) is 19.1 Å². The van der Waals surface area contributed by atoms with Gasteiger partial charge >= 0.3 is 0 Å². The highest BCUT2D eigenvalue weighted by Gasteiger charge is 2.08. The SMILES string of the molecule is Cc1ccc(F)c(Nc2nc(C)[nH]c2N)c1. The van der Waals surface area contributed by atoms with Crippen LogP contribution in [0.25, 0.3) is 0 Å². The highest BCUT2D eigenvalue weighted by atomic mass is 19.1. The van der Waals surface area contributed by atoms with Gasteiger partial charge in [0.2, 0.25) is 0 Å². The van der Waals surface area contributed by atoms with Crippen LogP contribution in [0.4, 0.5) is 21.7 Å². The van der Waals surface area contributed by atoms with E-state index in [-0.39, 0.29) is 5.82 Å². The van der Waals surface area contributed by atoms with Gasteiger partial charge in [0.15, 0.2) is 5.82 Å². The molecule has 1 heterocycles. The van der Waals surface area contributed by atoms with Crippen LogP contribution in [0.3, 0.4) is 0 Å². The molecular weight excluding hydrogens is 207 g/mol. The Balaban J connectivity index is 2.33. The van der Waals surface area contributed by atoms with Crippen LogP contribution in [0, 0.1) is 19.7 Å². The van der Waals surface area contributed by atoms with Crippen molar-refractivity contribution < 1.29 is 4.39 Å². The zero-order chi connectivity index (χ0) is 11.7. The zero-order valence-corrected chi connectivity index (χ0v) is 9.13. The van der Waals surface area contributed by atoms with Crippen molar-refractivity contribution in [2.75, 3.05) is 11.1 Å². The third-order valence-corrected chi connectivity index (χ3v) is 2.23. The smallest absolute Gasteiger partial charge is 0.173 e. The molecule has 0 saturated heterocycles. The van der Waals surface area contributed by atoms with Crippen LogP contribution in [-0.2, 0) is 0 Å². The number of aryl methyl sites for hydroxylation is 2. The molecule has 1 aromatic heterocycles. The molecule has 5 heteroatoms. The van der Waals surface area contributed by atoms with Crippen molar-refractivity contribution in [1.29, 1.82) is 0 Å². The minimum Gasteiger partial charge on any atom is -0.382 e. The maximum absolute atomic E-state index is 13.5. The summed E-state index contributed by atoms with van der Waals surface area (Å²) in [5.41, 5.74) is 7.02. The van der Waals surface area contributed by atoms with Crippen LogP contribution < -0.4 is 11.1 Å². The summed E-state index contributed by atoms with van der Waals surface area (Å²) in [7, 11) is 0. The molecule has 0 bridgehead atoms. The second kappa shape index (κ2) is 3.84. The standard InChI is InChI=1S/C11H13FN4/c1-6-3-4-8(12)9(5-6)16-11-10(13)14-7(2)15-11/h3-5,16H,13H2,1-2H3,(H,14,15). The number of aromatic nitrogens is 2. The van der Waals surface area contributed by atoms with Gasteiger partial charge in [0.25, 0.3) is 0 Å². The van der Waals surface area contributed by atoms with E-state index in [0.717, 1.165) is 5.56 Å². The Morgan fingerprint density at radius 1 is 1.38 bits per heavy atom. The van der Waals surface area contributed by atoms with Gasteiger partial charge in [-0.25, -0.2) is 9.37 Å². The summed E-state index contributed by atoms with van der Waals surface area (Å²) in [5.74, 6) is 1.21. The number of benzene rings is 1. The predicted molar refractivity (Wildman–Crippen MR) is 62.2 cm³/mol. The van der Waals surface area contributed by atoms with Gasteiger partial charge in [-0.3, -0.25) is 0 Å². The predicted octanol–water partition coefficient (Wildman–Crippen LogP) is 2.49. The molecule has 0 radical (unpaired) electrons. The molecule has 0 unspecified atom stereocenters. The molecule has 0 saturated carbocycles. The average Bonchev–Trinajstić information content (AvgIpc) is 2.51. The Labute approximate surface area is 92.7 Å². The number of imidazole rings is 1. The van der Waals surface area contributed by atoms with Crippen LogP contribution in [-0.4, -0.2) is 9.97 Å². The summed E-state index contributed by atoms with van der Waals surface area (Å²) in [6.45, 7) is 3.68. The first-order valence-corrected chi connectivity index (χ1v) is 4.91. The van der Waals surface area contributed by atoms with Crippen LogP contribution in [0.15, 0.2) is 18.2 Å². The Bertz CT molecular complexity index is 519. The highest BCUT2D eigenvalue weighted by Crippen LogP contribution is 2.23. The molecule has 0 aliphatic rings. The van der Waals surface area contributed by atoms with Gasteiger partial charge in [0.05, 0.1) is 5.69 Å². The van der Waals surface area contributed by atoms with Gasteiger partial charge in [-0.05, 0) is 31.5 Å². The number of halogens is 1. The number of hydrogen-bond acceptors (Lipinski definition) is 3. The van der Waals surface area contributed by atoms with Gasteiger partial charge in [0, 0.05) is 0 Å². The molecule has 0 fully saturated rings. The first-order chi connectivity index (χ1) is 7.56. The summed E-state index contributed by atoms with van der Waals surface area (Å²) in [6, 6.07) is 4.83. The van der Waals surface area contributed by atoms with E-state index in [2.05, 4.69) is 15.3 Å². The highest BCUT2D eigenvalue weighted by molar-refractivity contribution is 5.67. The Hall–Kier alpha value is -2.04. The average molecular weight is 220 g/mol. The molecule has 2 rings (SSSR count). The van der Waals surface area contributed by atoms with Gasteiger partial charge in [-0.15, -0.1) is 0 Å². The van der Waals surface area contributed by atoms with Gasteiger partial charge in [-0.2, -0.15) is 0 Å². The number of H-pyrrole nitrogens is 1. The molecule has 84 valence electrons. The number of hydrogen-bond donors (Lipinski definition) is 3. The maximum Gasteiger partial charge on any atom is 0.173 e. The lowest BCUT2D eigenvalue weighted by atomic mass is 10.2. The lowest BCUT2D eigenvalue weighted by Gasteiger charge is -2.06. The van der Waals surface area contributed by atoms with E-state index in [1.165, 1.54) is 6.07 Å². The van der Waals surface area contributed by atoms with Crippen molar-refractivity contribution in [1.82, 2.24) is 9.97 Å². The summed E-state index contributed by atoms with van der Waals surface area (Å²) < 4.78 is 13.5. The molecule has 1 aromatic carbocycles. The minimum atomic E-state index is -0.328. The van der Waals surface area contributed by atoms with Gasteiger partial charge < -0.3 is 16.0 Å². The fraction of sp³-hybridized carbons (Fsp3) is 0.182. The lowest BCUT2D eigenvalue weighted by Crippen LogP contribution is -1.98. The molecule has 0 atom stereocenters.